The number of benzene rings is 3. The summed E-state index contributed by atoms with van der Waals surface area (Å²) < 4.78 is 5.57. The lowest BCUT2D eigenvalue weighted by molar-refractivity contribution is -0.122. The third kappa shape index (κ3) is 6.13. The number of carbonyl (C=O) groups is 2. The Morgan fingerprint density at radius 1 is 0.947 bits per heavy atom. The molecule has 2 heterocycles. The molecule has 1 N–H and O–H groups in total. The molecule has 0 aromatic heterocycles. The van der Waals surface area contributed by atoms with Crippen molar-refractivity contribution in [1.29, 1.82) is 0 Å². The number of carbonyl (C=O) groups excluding carboxylic acids is 2. The second kappa shape index (κ2) is 11.9. The number of allylic oxidation sites excluding steroid dienone is 1. The third-order valence-electron chi connectivity index (χ3n) is 7.66. The van der Waals surface area contributed by atoms with E-state index in [0.29, 0.717) is 38.3 Å². The van der Waals surface area contributed by atoms with Crippen molar-refractivity contribution < 1.29 is 14.3 Å². The van der Waals surface area contributed by atoms with Crippen LogP contribution in [0.3, 0.4) is 0 Å². The van der Waals surface area contributed by atoms with Gasteiger partial charge >= 0.3 is 6.09 Å². The molecule has 0 aliphatic carbocycles. The van der Waals surface area contributed by atoms with Crippen LogP contribution in [0.4, 0.5) is 4.79 Å². The average Bonchev–Trinajstić information content (AvgIpc) is 3.11. The molecule has 1 atom stereocenters. The predicted octanol–water partition coefficient (Wildman–Crippen LogP) is 7.00. The molecule has 196 valence electrons. The minimum absolute atomic E-state index is 0.0136. The highest BCUT2D eigenvalue weighted by molar-refractivity contribution is 8.03. The van der Waals surface area contributed by atoms with Gasteiger partial charge in [0.1, 0.15) is 6.61 Å². The van der Waals surface area contributed by atoms with Crippen LogP contribution in [-0.4, -0.2) is 30.0 Å². The lowest BCUT2D eigenvalue weighted by Gasteiger charge is -2.41. The third-order valence-corrected chi connectivity index (χ3v) is 8.74. The highest BCUT2D eigenvalue weighted by Gasteiger charge is 2.39. The topological polar surface area (TPSA) is 58.6 Å². The van der Waals surface area contributed by atoms with Gasteiger partial charge in [0, 0.05) is 29.8 Å². The summed E-state index contributed by atoms with van der Waals surface area (Å²) in [7, 11) is 0. The van der Waals surface area contributed by atoms with Gasteiger partial charge in [0.2, 0.25) is 5.91 Å². The molecule has 3 aromatic carbocycles. The highest BCUT2D eigenvalue weighted by atomic mass is 32.2. The van der Waals surface area contributed by atoms with E-state index >= 15 is 0 Å². The van der Waals surface area contributed by atoms with E-state index in [4.69, 9.17) is 4.74 Å². The van der Waals surface area contributed by atoms with Gasteiger partial charge in [-0.2, -0.15) is 0 Å². The van der Waals surface area contributed by atoms with Crippen LogP contribution in [0.5, 0.6) is 0 Å². The smallest absolute Gasteiger partial charge is 0.410 e. The number of rotatable bonds is 6. The highest BCUT2D eigenvalue weighted by Crippen LogP contribution is 2.40. The monoisotopic (exact) mass is 526 g/mol. The van der Waals surface area contributed by atoms with Gasteiger partial charge in [0.25, 0.3) is 0 Å². The van der Waals surface area contributed by atoms with Gasteiger partial charge in [-0.05, 0) is 47.9 Å². The number of nitrogens with zero attached hydrogens (tertiary/aromatic N) is 1. The van der Waals surface area contributed by atoms with Gasteiger partial charge in [-0.25, -0.2) is 4.79 Å². The summed E-state index contributed by atoms with van der Waals surface area (Å²) in [6, 6.07) is 28.4. The maximum atomic E-state index is 13.5. The van der Waals surface area contributed by atoms with Crippen molar-refractivity contribution >= 4 is 23.8 Å². The normalized spacial score (nSPS) is 18.5. The first-order chi connectivity index (χ1) is 18.5. The summed E-state index contributed by atoms with van der Waals surface area (Å²) >= 11 is 1.63. The summed E-state index contributed by atoms with van der Waals surface area (Å²) in [6.45, 7) is 3.59. The summed E-state index contributed by atoms with van der Waals surface area (Å²) in [5.74, 6) is 0.425. The van der Waals surface area contributed by atoms with Crippen molar-refractivity contribution in [1.82, 2.24) is 10.2 Å². The molecule has 5 rings (SSSR count). The maximum Gasteiger partial charge on any atom is 0.410 e. The Hall–Kier alpha value is -3.51. The van der Waals surface area contributed by atoms with Crippen molar-refractivity contribution in [3.8, 4) is 0 Å². The van der Waals surface area contributed by atoms with Gasteiger partial charge in [0.15, 0.2) is 0 Å². The molecule has 2 aliphatic heterocycles. The number of amides is 2. The van der Waals surface area contributed by atoms with E-state index in [1.165, 1.54) is 10.5 Å². The van der Waals surface area contributed by atoms with Crippen molar-refractivity contribution in [3.05, 3.63) is 113 Å². The number of likely N-dealkylation sites (tertiary alicyclic amines) is 1. The Kier molecular flexibility index (Phi) is 8.18. The minimum Gasteiger partial charge on any atom is -0.445 e. The van der Waals surface area contributed by atoms with Gasteiger partial charge in [0.05, 0.1) is 5.03 Å². The van der Waals surface area contributed by atoms with Crippen LogP contribution in [0.15, 0.2) is 101 Å². The van der Waals surface area contributed by atoms with Crippen LogP contribution in [0.2, 0.25) is 0 Å². The molecule has 3 aromatic rings. The van der Waals surface area contributed by atoms with Crippen LogP contribution in [0.1, 0.15) is 55.2 Å². The first kappa shape index (κ1) is 26.1. The van der Waals surface area contributed by atoms with Crippen molar-refractivity contribution in [3.63, 3.8) is 0 Å². The number of ether oxygens (including phenoxy) is 1. The fraction of sp³-hybridized carbons (Fsp3) is 0.312. The van der Waals surface area contributed by atoms with E-state index in [-0.39, 0.29) is 24.0 Å². The van der Waals surface area contributed by atoms with E-state index in [2.05, 4.69) is 48.6 Å². The quantitative estimate of drug-likeness (QED) is 0.376. The van der Waals surface area contributed by atoms with Gasteiger partial charge in [-0.3, -0.25) is 4.79 Å². The van der Waals surface area contributed by atoms with E-state index in [0.717, 1.165) is 22.6 Å². The first-order valence-corrected chi connectivity index (χ1v) is 14.1. The summed E-state index contributed by atoms with van der Waals surface area (Å²) in [4.78, 5) is 29.2. The minimum atomic E-state index is -0.331. The molecular formula is C32H34N2O3S. The maximum absolute atomic E-state index is 13.5. The van der Waals surface area contributed by atoms with E-state index in [1.807, 2.05) is 54.6 Å². The number of hydrogen-bond acceptors (Lipinski definition) is 4. The van der Waals surface area contributed by atoms with Crippen molar-refractivity contribution in [2.75, 3.05) is 13.1 Å². The molecule has 5 nitrogen and oxygen atoms in total. The fourth-order valence-electron chi connectivity index (χ4n) is 5.40. The molecule has 0 radical (unpaired) electrons. The average molecular weight is 527 g/mol. The number of thioether (sulfide) groups is 1. The second-order valence-electron chi connectivity index (χ2n) is 10.2. The van der Waals surface area contributed by atoms with Crippen LogP contribution in [0, 0.1) is 0 Å². The van der Waals surface area contributed by atoms with Gasteiger partial charge in [-0.15, -0.1) is 0 Å². The molecule has 2 aliphatic rings. The zero-order chi connectivity index (χ0) is 26.4. The van der Waals surface area contributed by atoms with Gasteiger partial charge in [-0.1, -0.05) is 104 Å². The van der Waals surface area contributed by atoms with E-state index in [9.17, 15) is 9.59 Å². The molecule has 0 saturated carbocycles. The van der Waals surface area contributed by atoms with Crippen LogP contribution in [0.25, 0.3) is 0 Å². The zero-order valence-electron chi connectivity index (χ0n) is 21.8. The fourth-order valence-corrected chi connectivity index (χ4v) is 6.52. The molecule has 0 spiro atoms. The van der Waals surface area contributed by atoms with Crippen LogP contribution in [-0.2, 0) is 21.6 Å². The Balaban J connectivity index is 1.25. The molecule has 0 bridgehead atoms. The molecule has 1 fully saturated rings. The molecule has 6 heteroatoms. The first-order valence-electron chi connectivity index (χ1n) is 13.3. The molecule has 1 unspecified atom stereocenters. The number of nitrogens with one attached hydrogen (secondary N) is 1. The van der Waals surface area contributed by atoms with Gasteiger partial charge < -0.3 is 15.0 Å². The second-order valence-corrected chi connectivity index (χ2v) is 11.3. The van der Waals surface area contributed by atoms with E-state index in [1.54, 1.807) is 16.7 Å². The van der Waals surface area contributed by atoms with Crippen LogP contribution >= 0.6 is 11.8 Å². The largest absolute Gasteiger partial charge is 0.445 e. The number of fused-ring (bicyclic) bond motifs is 1. The molecule has 2 amide bonds. The van der Waals surface area contributed by atoms with Crippen molar-refractivity contribution in [2.24, 2.45) is 0 Å². The Morgan fingerprint density at radius 3 is 2.34 bits per heavy atom. The number of piperidine rings is 1. The Labute approximate surface area is 229 Å². The lowest BCUT2D eigenvalue weighted by Crippen LogP contribution is -2.47. The molecule has 1 saturated heterocycles. The lowest BCUT2D eigenvalue weighted by atomic mass is 9.70. The van der Waals surface area contributed by atoms with Crippen molar-refractivity contribution in [2.45, 2.75) is 55.4 Å². The molecular weight excluding hydrogens is 492 g/mol. The zero-order valence-corrected chi connectivity index (χ0v) is 22.6. The Morgan fingerprint density at radius 2 is 1.61 bits per heavy atom. The summed E-state index contributed by atoms with van der Waals surface area (Å²) in [5.41, 5.74) is 3.11. The summed E-state index contributed by atoms with van der Waals surface area (Å²) in [6.07, 6.45) is 4.53. The Bertz CT molecular complexity index is 1280. The van der Waals surface area contributed by atoms with E-state index < -0.39 is 0 Å². The standard InChI is InChI=1S/C32H34N2O3S/c1-24-16-17-30(38-28-15-9-8-14-27(24)28)33-29(35)22-32(26-12-6-3-7-13-26)18-20-34(21-19-32)31(36)37-23-25-10-4-2-5-11-25/h2-15,17,24H,16,18-23H2,1H3,(H,33,35). The summed E-state index contributed by atoms with van der Waals surface area (Å²) in [5, 5.41) is 4.11. The van der Waals surface area contributed by atoms with Crippen LogP contribution < -0.4 is 5.32 Å². The predicted molar refractivity (Wildman–Crippen MR) is 152 cm³/mol. The number of hydrogen-bond donors (Lipinski definition) is 1. The SMILES string of the molecule is CC1CC=C(NC(=O)CC2(c3ccccc3)CCN(C(=O)OCc3ccccc3)CC2)Sc2ccccc21. The molecule has 38 heavy (non-hydrogen) atoms.